The number of pyridine rings is 1. The van der Waals surface area contributed by atoms with Crippen LogP contribution >= 0.6 is 11.3 Å². The Bertz CT molecular complexity index is 1380. The van der Waals surface area contributed by atoms with Crippen LogP contribution in [0.1, 0.15) is 50.7 Å². The Hall–Kier alpha value is -2.32. The van der Waals surface area contributed by atoms with E-state index in [9.17, 15) is 0 Å². The van der Waals surface area contributed by atoms with Gasteiger partial charge in [0.1, 0.15) is 0 Å². The minimum atomic E-state index is 0. The largest absolute Gasteiger partial charge is 0.305 e. The molecule has 5 rings (SSSR count). The van der Waals surface area contributed by atoms with Crippen LogP contribution in [0.25, 0.3) is 42.6 Å². The van der Waals surface area contributed by atoms with Gasteiger partial charge in [0.15, 0.2) is 0 Å². The zero-order valence-corrected chi connectivity index (χ0v) is 22.0. The second-order valence-electron chi connectivity index (χ2n) is 8.82. The Morgan fingerprint density at radius 3 is 2.31 bits per heavy atom. The number of nitrogens with zero attached hydrogens (tertiary/aromatic N) is 1. The topological polar surface area (TPSA) is 12.9 Å². The molecule has 0 fully saturated rings. The molecule has 0 aliphatic rings. The first-order valence-electron chi connectivity index (χ1n) is 10.9. The third kappa shape index (κ3) is 4.18. The minimum Gasteiger partial charge on any atom is -0.305 e. The number of hydrogen-bond acceptors (Lipinski definition) is 2. The molecule has 3 heteroatoms. The van der Waals surface area contributed by atoms with Gasteiger partial charge in [0.2, 0.25) is 0 Å². The van der Waals surface area contributed by atoms with Crippen molar-refractivity contribution in [2.45, 2.75) is 39.5 Å². The molecule has 32 heavy (non-hydrogen) atoms. The maximum absolute atomic E-state index is 4.63. The fourth-order valence-electron chi connectivity index (χ4n) is 4.17. The summed E-state index contributed by atoms with van der Waals surface area (Å²) in [7, 11) is 0. The van der Waals surface area contributed by atoms with E-state index < -0.39 is 0 Å². The molecular weight excluding hydrogens is 587 g/mol. The molecule has 0 amide bonds. The van der Waals surface area contributed by atoms with Crippen LogP contribution < -0.4 is 0 Å². The van der Waals surface area contributed by atoms with Crippen LogP contribution in [0.15, 0.2) is 72.9 Å². The van der Waals surface area contributed by atoms with Crippen molar-refractivity contribution in [3.63, 3.8) is 0 Å². The van der Waals surface area contributed by atoms with E-state index in [0.717, 1.165) is 11.3 Å². The Labute approximate surface area is 207 Å². The van der Waals surface area contributed by atoms with Crippen molar-refractivity contribution in [3.05, 3.63) is 90.1 Å². The quantitative estimate of drug-likeness (QED) is 0.185. The van der Waals surface area contributed by atoms with Crippen LogP contribution in [0.5, 0.6) is 0 Å². The van der Waals surface area contributed by atoms with Crippen LogP contribution in [0.2, 0.25) is 0 Å². The van der Waals surface area contributed by atoms with Crippen molar-refractivity contribution in [2.75, 3.05) is 0 Å². The van der Waals surface area contributed by atoms with Gasteiger partial charge in [0, 0.05) is 31.0 Å². The first-order chi connectivity index (χ1) is 15.0. The molecule has 0 saturated heterocycles. The molecule has 2 heterocycles. The number of thiophene rings is 1. The number of fused-ring (bicyclic) bond motifs is 3. The van der Waals surface area contributed by atoms with Gasteiger partial charge in [0.25, 0.3) is 0 Å². The summed E-state index contributed by atoms with van der Waals surface area (Å²) in [4.78, 5) is 4.63. The molecule has 1 radical (unpaired) electrons. The zero-order valence-electron chi connectivity index (χ0n) is 18.8. The van der Waals surface area contributed by atoms with Gasteiger partial charge in [-0.1, -0.05) is 81.1 Å². The van der Waals surface area contributed by atoms with Gasteiger partial charge in [-0.2, -0.15) is 11.3 Å². The Balaban J connectivity index is 0.00000245. The molecule has 0 unspecified atom stereocenters. The summed E-state index contributed by atoms with van der Waals surface area (Å²) in [6.07, 6.45) is 1.91. The average molecular weight is 613 g/mol. The summed E-state index contributed by atoms with van der Waals surface area (Å²) in [5, 5.41) is 2.61. The molecule has 0 bridgehead atoms. The second-order valence-corrected chi connectivity index (χ2v) is 9.87. The summed E-state index contributed by atoms with van der Waals surface area (Å²) >= 11 is 1.89. The van der Waals surface area contributed by atoms with E-state index >= 15 is 0 Å². The SMILES string of the molecule is CC(C)c1ccnc(-c2[c-]cc3c(c2)sc2c(C(C)C)cc(-c4ccccc4)cc23)c1.[Ir]. The van der Waals surface area contributed by atoms with Gasteiger partial charge in [-0.25, -0.2) is 0 Å². The van der Waals surface area contributed by atoms with Crippen molar-refractivity contribution in [1.29, 1.82) is 0 Å². The predicted octanol–water partition coefficient (Wildman–Crippen LogP) is 8.83. The zero-order chi connectivity index (χ0) is 21.5. The monoisotopic (exact) mass is 613 g/mol. The van der Waals surface area contributed by atoms with Gasteiger partial charge in [0.05, 0.1) is 0 Å². The first kappa shape index (κ1) is 22.9. The molecule has 0 atom stereocenters. The van der Waals surface area contributed by atoms with Crippen molar-refractivity contribution < 1.29 is 20.1 Å². The van der Waals surface area contributed by atoms with Crippen LogP contribution in [0.4, 0.5) is 0 Å². The van der Waals surface area contributed by atoms with Gasteiger partial charge < -0.3 is 4.98 Å². The van der Waals surface area contributed by atoms with E-state index in [1.807, 2.05) is 17.5 Å². The van der Waals surface area contributed by atoms with Crippen LogP contribution in [0.3, 0.4) is 0 Å². The van der Waals surface area contributed by atoms with E-state index in [1.165, 1.54) is 42.4 Å². The molecule has 0 aliphatic heterocycles. The van der Waals surface area contributed by atoms with Crippen molar-refractivity contribution in [1.82, 2.24) is 4.98 Å². The number of hydrogen-bond donors (Lipinski definition) is 0. The molecule has 0 aliphatic carbocycles. The normalized spacial score (nSPS) is 11.4. The molecular formula is C29H26IrNS-. The summed E-state index contributed by atoms with van der Waals surface area (Å²) in [6.45, 7) is 9.01. The van der Waals surface area contributed by atoms with Crippen LogP contribution in [-0.2, 0) is 20.1 Å². The average Bonchev–Trinajstić information content (AvgIpc) is 3.16. The van der Waals surface area contributed by atoms with Crippen molar-refractivity contribution >= 4 is 31.5 Å². The summed E-state index contributed by atoms with van der Waals surface area (Å²) in [5.74, 6) is 0.951. The third-order valence-corrected chi connectivity index (χ3v) is 7.21. The molecule has 0 N–H and O–H groups in total. The van der Waals surface area contributed by atoms with Gasteiger partial charge in [-0.05, 0) is 56.4 Å². The van der Waals surface area contributed by atoms with Crippen LogP contribution in [0, 0.1) is 6.07 Å². The fourth-order valence-corrected chi connectivity index (χ4v) is 5.54. The summed E-state index contributed by atoms with van der Waals surface area (Å²) < 4.78 is 2.69. The smallest absolute Gasteiger partial charge is 0.0281 e. The maximum atomic E-state index is 4.63. The summed E-state index contributed by atoms with van der Waals surface area (Å²) in [6, 6.07) is 27.6. The van der Waals surface area contributed by atoms with E-state index in [4.69, 9.17) is 0 Å². The standard InChI is InChI=1S/C29H26NS.Ir/c1-18(2)21-12-13-30-27(16-21)22-10-11-24-26-15-23(20-8-6-5-7-9-20)14-25(19(3)4)29(26)31-28(24)17-22;/h5-9,11-19H,1-4H3;/q-1;. The Kier molecular flexibility index (Phi) is 6.62. The fraction of sp³-hybridized carbons (Fsp3) is 0.207. The van der Waals surface area contributed by atoms with Gasteiger partial charge in [-0.15, -0.1) is 23.8 Å². The molecule has 163 valence electrons. The van der Waals surface area contributed by atoms with E-state index in [1.54, 1.807) is 0 Å². The third-order valence-electron chi connectivity index (χ3n) is 5.99. The summed E-state index contributed by atoms with van der Waals surface area (Å²) in [5.41, 5.74) is 7.34. The molecule has 0 saturated carbocycles. The van der Waals surface area contributed by atoms with Gasteiger partial charge in [-0.3, -0.25) is 0 Å². The van der Waals surface area contributed by atoms with Gasteiger partial charge >= 0.3 is 0 Å². The number of aromatic nitrogens is 1. The molecule has 3 aromatic carbocycles. The first-order valence-corrected chi connectivity index (χ1v) is 11.8. The maximum Gasteiger partial charge on any atom is 0.0281 e. The van der Waals surface area contributed by atoms with E-state index in [2.05, 4.69) is 105 Å². The minimum absolute atomic E-state index is 0. The molecule has 2 aromatic heterocycles. The van der Waals surface area contributed by atoms with E-state index in [-0.39, 0.29) is 20.1 Å². The van der Waals surface area contributed by atoms with E-state index in [0.29, 0.717) is 11.8 Å². The van der Waals surface area contributed by atoms with Crippen LogP contribution in [-0.4, -0.2) is 4.98 Å². The second kappa shape index (κ2) is 9.27. The number of benzene rings is 3. The predicted molar refractivity (Wildman–Crippen MR) is 135 cm³/mol. The van der Waals surface area contributed by atoms with Crippen molar-refractivity contribution in [2.24, 2.45) is 0 Å². The molecule has 5 aromatic rings. The molecule has 1 nitrogen and oxygen atoms in total. The van der Waals surface area contributed by atoms with Crippen molar-refractivity contribution in [3.8, 4) is 22.4 Å². The number of rotatable bonds is 4. The Morgan fingerprint density at radius 1 is 0.812 bits per heavy atom. The molecule has 0 spiro atoms. The Morgan fingerprint density at radius 2 is 1.59 bits per heavy atom.